The number of rotatable bonds is 0. The molecule has 1 heterocycles. The van der Waals surface area contributed by atoms with E-state index in [0.29, 0.717) is 5.95 Å². The average molecular weight is 154 g/mol. The van der Waals surface area contributed by atoms with E-state index in [1.807, 2.05) is 0 Å². The second kappa shape index (κ2) is 2.22. The molecular weight excluding hydrogens is 140 g/mol. The van der Waals surface area contributed by atoms with Crippen LogP contribution >= 0.6 is 0 Å². The Morgan fingerprint density at radius 1 is 1.36 bits per heavy atom. The maximum atomic E-state index is 5.53. The van der Waals surface area contributed by atoms with Gasteiger partial charge in [-0.1, -0.05) is 20.8 Å². The molecule has 0 fully saturated rings. The number of hydrogen-bond acceptors (Lipinski definition) is 3. The highest BCUT2D eigenvalue weighted by molar-refractivity contribution is 5.18. The fraction of sp³-hybridized carbons (Fsp3) is 0.714. The van der Waals surface area contributed by atoms with Crippen LogP contribution in [0.2, 0.25) is 0 Å². The van der Waals surface area contributed by atoms with Crippen LogP contribution in [-0.2, 0) is 12.5 Å². The van der Waals surface area contributed by atoms with Gasteiger partial charge in [0.2, 0.25) is 5.95 Å². The van der Waals surface area contributed by atoms with Crippen LogP contribution in [0, 0.1) is 0 Å². The highest BCUT2D eigenvalue weighted by atomic mass is 15.4. The molecule has 0 unspecified atom stereocenters. The molecule has 0 saturated carbocycles. The Labute approximate surface area is 66.4 Å². The van der Waals surface area contributed by atoms with Crippen molar-refractivity contribution in [1.29, 1.82) is 0 Å². The molecule has 0 amide bonds. The first-order chi connectivity index (χ1) is 4.91. The zero-order valence-corrected chi connectivity index (χ0v) is 7.42. The van der Waals surface area contributed by atoms with Gasteiger partial charge in [-0.3, -0.25) is 0 Å². The highest BCUT2D eigenvalue weighted by Gasteiger charge is 2.19. The molecule has 0 aromatic carbocycles. The lowest BCUT2D eigenvalue weighted by atomic mass is 9.96. The SMILES string of the molecule is Cn1nc(C(C)(C)C)nc1N. The molecule has 0 atom stereocenters. The van der Waals surface area contributed by atoms with Crippen molar-refractivity contribution >= 4 is 5.95 Å². The van der Waals surface area contributed by atoms with Crippen molar-refractivity contribution in [3.63, 3.8) is 0 Å². The van der Waals surface area contributed by atoms with Gasteiger partial charge in [-0.05, 0) is 0 Å². The van der Waals surface area contributed by atoms with Crippen molar-refractivity contribution in [3.05, 3.63) is 5.82 Å². The van der Waals surface area contributed by atoms with E-state index < -0.39 is 0 Å². The molecule has 0 aliphatic heterocycles. The summed E-state index contributed by atoms with van der Waals surface area (Å²) in [6, 6.07) is 0. The van der Waals surface area contributed by atoms with Crippen molar-refractivity contribution < 1.29 is 0 Å². The maximum Gasteiger partial charge on any atom is 0.218 e. The molecule has 4 heteroatoms. The monoisotopic (exact) mass is 154 g/mol. The van der Waals surface area contributed by atoms with E-state index in [2.05, 4.69) is 30.9 Å². The van der Waals surface area contributed by atoms with Crippen molar-refractivity contribution in [2.75, 3.05) is 5.73 Å². The molecule has 0 bridgehead atoms. The number of aryl methyl sites for hydroxylation is 1. The minimum atomic E-state index is -0.0185. The molecule has 4 nitrogen and oxygen atoms in total. The van der Waals surface area contributed by atoms with Crippen molar-refractivity contribution in [2.24, 2.45) is 7.05 Å². The molecule has 1 aromatic heterocycles. The molecule has 62 valence electrons. The minimum Gasteiger partial charge on any atom is -0.368 e. The predicted octanol–water partition coefficient (Wildman–Crippen LogP) is 0.695. The van der Waals surface area contributed by atoms with Gasteiger partial charge in [0, 0.05) is 12.5 Å². The van der Waals surface area contributed by atoms with Gasteiger partial charge in [0.25, 0.3) is 0 Å². The first-order valence-electron chi connectivity index (χ1n) is 3.58. The van der Waals surface area contributed by atoms with Crippen molar-refractivity contribution in [2.45, 2.75) is 26.2 Å². The lowest BCUT2D eigenvalue weighted by Gasteiger charge is -2.11. The summed E-state index contributed by atoms with van der Waals surface area (Å²) in [5.41, 5.74) is 5.51. The molecule has 0 spiro atoms. The van der Waals surface area contributed by atoms with E-state index >= 15 is 0 Å². The lowest BCUT2D eigenvalue weighted by molar-refractivity contribution is 0.538. The quantitative estimate of drug-likeness (QED) is 0.598. The number of nitrogens with two attached hydrogens (primary N) is 1. The van der Waals surface area contributed by atoms with Gasteiger partial charge in [-0.15, -0.1) is 0 Å². The van der Waals surface area contributed by atoms with Gasteiger partial charge in [0.05, 0.1) is 0 Å². The molecule has 1 aromatic rings. The number of hydrogen-bond donors (Lipinski definition) is 1. The fourth-order valence-corrected chi connectivity index (χ4v) is 0.714. The van der Waals surface area contributed by atoms with Gasteiger partial charge in [-0.2, -0.15) is 10.1 Å². The van der Waals surface area contributed by atoms with Crippen molar-refractivity contribution in [1.82, 2.24) is 14.8 Å². The van der Waals surface area contributed by atoms with Gasteiger partial charge in [-0.25, -0.2) is 4.68 Å². The third kappa shape index (κ3) is 1.50. The summed E-state index contributed by atoms with van der Waals surface area (Å²) in [6.45, 7) is 6.17. The van der Waals surface area contributed by atoms with Gasteiger partial charge in [0.15, 0.2) is 5.82 Å². The predicted molar refractivity (Wildman–Crippen MR) is 44.1 cm³/mol. The Morgan fingerprint density at radius 2 is 1.91 bits per heavy atom. The summed E-state index contributed by atoms with van der Waals surface area (Å²) in [5.74, 6) is 1.26. The van der Waals surface area contributed by atoms with Crippen LogP contribution in [0.5, 0.6) is 0 Å². The standard InChI is InChI=1S/C7H14N4/c1-7(2,3)5-9-6(8)11(4)10-5/h1-4H3,(H2,8,9,10). The Balaban J connectivity index is 3.08. The molecule has 1 rings (SSSR count). The van der Waals surface area contributed by atoms with E-state index in [9.17, 15) is 0 Å². The second-order valence-corrected chi connectivity index (χ2v) is 3.67. The van der Waals surface area contributed by atoms with E-state index in [4.69, 9.17) is 5.73 Å². The molecule has 2 N–H and O–H groups in total. The first-order valence-corrected chi connectivity index (χ1v) is 3.58. The van der Waals surface area contributed by atoms with E-state index in [1.165, 1.54) is 0 Å². The van der Waals surface area contributed by atoms with Gasteiger partial charge < -0.3 is 5.73 Å². The molecule has 0 radical (unpaired) electrons. The molecular formula is C7H14N4. The van der Waals surface area contributed by atoms with Crippen LogP contribution in [0.15, 0.2) is 0 Å². The summed E-state index contributed by atoms with van der Waals surface area (Å²) in [6.07, 6.45) is 0. The average Bonchev–Trinajstić information content (AvgIpc) is 2.11. The van der Waals surface area contributed by atoms with Crippen LogP contribution in [0.3, 0.4) is 0 Å². The Kier molecular flexibility index (Phi) is 1.62. The topological polar surface area (TPSA) is 56.7 Å². The summed E-state index contributed by atoms with van der Waals surface area (Å²) in [7, 11) is 1.79. The summed E-state index contributed by atoms with van der Waals surface area (Å²) >= 11 is 0. The van der Waals surface area contributed by atoms with Crippen LogP contribution in [0.1, 0.15) is 26.6 Å². The van der Waals surface area contributed by atoms with Crippen molar-refractivity contribution in [3.8, 4) is 0 Å². The van der Waals surface area contributed by atoms with Gasteiger partial charge >= 0.3 is 0 Å². The number of nitrogen functional groups attached to an aromatic ring is 1. The van der Waals surface area contributed by atoms with E-state index in [0.717, 1.165) is 5.82 Å². The Morgan fingerprint density at radius 3 is 2.09 bits per heavy atom. The molecule has 0 aliphatic rings. The summed E-state index contributed by atoms with van der Waals surface area (Å²) in [4.78, 5) is 4.11. The summed E-state index contributed by atoms with van der Waals surface area (Å²) < 4.78 is 1.58. The first kappa shape index (κ1) is 8.04. The Hall–Kier alpha value is -1.06. The molecule has 11 heavy (non-hydrogen) atoms. The zero-order chi connectivity index (χ0) is 8.65. The number of anilines is 1. The zero-order valence-electron chi connectivity index (χ0n) is 7.42. The number of nitrogens with zero attached hydrogens (tertiary/aromatic N) is 3. The van der Waals surface area contributed by atoms with E-state index in [1.54, 1.807) is 11.7 Å². The third-order valence-corrected chi connectivity index (χ3v) is 1.47. The van der Waals surface area contributed by atoms with Crippen LogP contribution in [0.25, 0.3) is 0 Å². The fourth-order valence-electron chi connectivity index (χ4n) is 0.714. The lowest BCUT2D eigenvalue weighted by Crippen LogP contribution is -2.13. The largest absolute Gasteiger partial charge is 0.368 e. The maximum absolute atomic E-state index is 5.53. The van der Waals surface area contributed by atoms with Crippen LogP contribution in [-0.4, -0.2) is 14.8 Å². The van der Waals surface area contributed by atoms with Gasteiger partial charge in [0.1, 0.15) is 0 Å². The summed E-state index contributed by atoms with van der Waals surface area (Å²) in [5, 5.41) is 4.16. The molecule has 0 saturated heterocycles. The minimum absolute atomic E-state index is 0.0185. The normalized spacial score (nSPS) is 12.0. The third-order valence-electron chi connectivity index (χ3n) is 1.47. The van der Waals surface area contributed by atoms with Crippen LogP contribution in [0.4, 0.5) is 5.95 Å². The van der Waals surface area contributed by atoms with Crippen LogP contribution < -0.4 is 5.73 Å². The molecule has 0 aliphatic carbocycles. The number of aromatic nitrogens is 3. The Bertz CT molecular complexity index is 236. The smallest absolute Gasteiger partial charge is 0.218 e. The highest BCUT2D eigenvalue weighted by Crippen LogP contribution is 2.18. The second-order valence-electron chi connectivity index (χ2n) is 3.67. The van der Waals surface area contributed by atoms with E-state index in [-0.39, 0.29) is 5.41 Å².